The summed E-state index contributed by atoms with van der Waals surface area (Å²) >= 11 is 0. The molecule has 1 N–H and O–H groups in total. The summed E-state index contributed by atoms with van der Waals surface area (Å²) in [4.78, 5) is 14.5. The summed E-state index contributed by atoms with van der Waals surface area (Å²) in [6.45, 7) is 8.58. The van der Waals surface area contributed by atoms with Gasteiger partial charge in [-0.2, -0.15) is 0 Å². The summed E-state index contributed by atoms with van der Waals surface area (Å²) in [5.74, 6) is -0.214. The Labute approximate surface area is 122 Å². The smallest absolute Gasteiger partial charge is 0.224 e. The molecule has 1 unspecified atom stereocenters. The van der Waals surface area contributed by atoms with Crippen LogP contribution in [0.2, 0.25) is 0 Å². The molecule has 6 heteroatoms. The molecule has 0 radical (unpaired) electrons. The Morgan fingerprint density at radius 3 is 2.20 bits per heavy atom. The third kappa shape index (κ3) is 3.95. The first-order chi connectivity index (χ1) is 9.17. The number of hydrogen-bond donors (Lipinski definition) is 1. The Bertz CT molecular complexity index is 459. The van der Waals surface area contributed by atoms with E-state index in [4.69, 9.17) is 0 Å². The molecule has 2 heterocycles. The van der Waals surface area contributed by atoms with E-state index in [0.717, 1.165) is 25.9 Å². The Kier molecular flexibility index (Phi) is 4.44. The summed E-state index contributed by atoms with van der Waals surface area (Å²) in [6.07, 6.45) is 2.37. The second kappa shape index (κ2) is 5.64. The molecule has 0 aromatic carbocycles. The van der Waals surface area contributed by atoms with Gasteiger partial charge in [-0.25, -0.2) is 8.42 Å². The highest BCUT2D eigenvalue weighted by atomic mass is 32.2. The number of carbonyl (C=O) groups excluding carboxylic acids is 1. The van der Waals surface area contributed by atoms with E-state index in [1.807, 2.05) is 0 Å². The van der Waals surface area contributed by atoms with Gasteiger partial charge >= 0.3 is 0 Å². The van der Waals surface area contributed by atoms with Gasteiger partial charge in [-0.1, -0.05) is 0 Å². The van der Waals surface area contributed by atoms with Crippen LogP contribution < -0.4 is 5.32 Å². The van der Waals surface area contributed by atoms with Crippen LogP contribution >= 0.6 is 0 Å². The van der Waals surface area contributed by atoms with Crippen molar-refractivity contribution < 1.29 is 13.2 Å². The lowest BCUT2D eigenvalue weighted by Crippen LogP contribution is -2.51. The van der Waals surface area contributed by atoms with E-state index in [-0.39, 0.29) is 34.9 Å². The van der Waals surface area contributed by atoms with Crippen molar-refractivity contribution in [3.05, 3.63) is 0 Å². The predicted molar refractivity (Wildman–Crippen MR) is 79.3 cm³/mol. The van der Waals surface area contributed by atoms with Gasteiger partial charge in [-0.3, -0.25) is 9.69 Å². The molecule has 2 rings (SSSR count). The number of hydrogen-bond acceptors (Lipinski definition) is 4. The molecular formula is C14H26N2O3S. The molecule has 0 bridgehead atoms. The fourth-order valence-corrected chi connectivity index (χ4v) is 4.76. The molecule has 0 spiro atoms. The van der Waals surface area contributed by atoms with Crippen LogP contribution in [0.25, 0.3) is 0 Å². The van der Waals surface area contributed by atoms with Gasteiger partial charge in [-0.15, -0.1) is 0 Å². The average molecular weight is 302 g/mol. The van der Waals surface area contributed by atoms with E-state index in [9.17, 15) is 13.2 Å². The summed E-state index contributed by atoms with van der Waals surface area (Å²) < 4.78 is 22.8. The van der Waals surface area contributed by atoms with Crippen molar-refractivity contribution in [2.45, 2.75) is 51.6 Å². The Hall–Kier alpha value is -0.620. The number of likely N-dealkylation sites (tertiary alicyclic amines) is 1. The van der Waals surface area contributed by atoms with E-state index in [2.05, 4.69) is 31.0 Å². The second-order valence-corrected chi connectivity index (χ2v) is 9.27. The quantitative estimate of drug-likeness (QED) is 0.819. The highest BCUT2D eigenvalue weighted by Gasteiger charge is 2.34. The highest BCUT2D eigenvalue weighted by Crippen LogP contribution is 2.22. The van der Waals surface area contributed by atoms with Crippen LogP contribution in [-0.2, 0) is 14.6 Å². The standard InChI is InChI=1S/C14H26N2O3S/c1-14(2,3)16-7-4-12(5-8-16)15-13(17)11-6-9-20(18,19)10-11/h11-12H,4-10H2,1-3H3,(H,15,17). The van der Waals surface area contributed by atoms with E-state index in [1.54, 1.807) is 0 Å². The SMILES string of the molecule is CC(C)(C)N1CCC(NC(=O)C2CCS(=O)(=O)C2)CC1. The van der Waals surface area contributed by atoms with Gasteiger partial charge in [-0.05, 0) is 40.0 Å². The molecule has 1 atom stereocenters. The lowest BCUT2D eigenvalue weighted by molar-refractivity contribution is -0.125. The molecule has 1 amide bonds. The fraction of sp³-hybridized carbons (Fsp3) is 0.929. The minimum atomic E-state index is -2.98. The number of carbonyl (C=O) groups is 1. The van der Waals surface area contributed by atoms with E-state index >= 15 is 0 Å². The predicted octanol–water partition coefficient (Wildman–Crippen LogP) is 0.800. The number of piperidine rings is 1. The maximum absolute atomic E-state index is 12.1. The van der Waals surface area contributed by atoms with Crippen LogP contribution in [0.5, 0.6) is 0 Å². The Morgan fingerprint density at radius 1 is 1.15 bits per heavy atom. The summed E-state index contributed by atoms with van der Waals surface area (Å²) in [5, 5.41) is 3.04. The van der Waals surface area contributed by atoms with Crippen molar-refractivity contribution in [1.29, 1.82) is 0 Å². The van der Waals surface area contributed by atoms with Crippen molar-refractivity contribution in [2.24, 2.45) is 5.92 Å². The van der Waals surface area contributed by atoms with E-state index in [0.29, 0.717) is 6.42 Å². The van der Waals surface area contributed by atoms with Crippen LogP contribution in [0.1, 0.15) is 40.0 Å². The zero-order chi connectivity index (χ0) is 15.0. The minimum absolute atomic E-state index is 0.0274. The number of rotatable bonds is 2. The summed E-state index contributed by atoms with van der Waals surface area (Å²) in [6, 6.07) is 0.199. The van der Waals surface area contributed by atoms with Crippen molar-refractivity contribution in [3.8, 4) is 0 Å². The molecule has 0 saturated carbocycles. The molecule has 2 saturated heterocycles. The van der Waals surface area contributed by atoms with Crippen LogP contribution in [0.15, 0.2) is 0 Å². The zero-order valence-corrected chi connectivity index (χ0v) is 13.5. The molecule has 2 aliphatic rings. The van der Waals surface area contributed by atoms with Crippen molar-refractivity contribution in [2.75, 3.05) is 24.6 Å². The monoisotopic (exact) mass is 302 g/mol. The molecule has 0 aromatic heterocycles. The van der Waals surface area contributed by atoms with Crippen LogP contribution in [0, 0.1) is 5.92 Å². The van der Waals surface area contributed by atoms with Crippen molar-refractivity contribution >= 4 is 15.7 Å². The van der Waals surface area contributed by atoms with Gasteiger partial charge in [0.25, 0.3) is 0 Å². The maximum Gasteiger partial charge on any atom is 0.224 e. The summed E-state index contributed by atoms with van der Waals surface area (Å²) in [5.41, 5.74) is 0.175. The normalized spacial score (nSPS) is 28.4. The van der Waals surface area contributed by atoms with Crippen molar-refractivity contribution in [3.63, 3.8) is 0 Å². The first kappa shape index (κ1) is 15.8. The third-order valence-electron chi connectivity index (χ3n) is 4.39. The van der Waals surface area contributed by atoms with Gasteiger partial charge in [0, 0.05) is 24.7 Å². The Morgan fingerprint density at radius 2 is 1.75 bits per heavy atom. The molecule has 20 heavy (non-hydrogen) atoms. The topological polar surface area (TPSA) is 66.5 Å². The van der Waals surface area contributed by atoms with Gasteiger partial charge in [0.05, 0.1) is 17.4 Å². The van der Waals surface area contributed by atoms with Gasteiger partial charge in [0.15, 0.2) is 9.84 Å². The van der Waals surface area contributed by atoms with Crippen LogP contribution in [-0.4, -0.2) is 55.4 Å². The minimum Gasteiger partial charge on any atom is -0.353 e. The molecule has 116 valence electrons. The molecule has 2 aliphatic heterocycles. The zero-order valence-electron chi connectivity index (χ0n) is 12.7. The largest absolute Gasteiger partial charge is 0.353 e. The second-order valence-electron chi connectivity index (χ2n) is 7.04. The molecule has 0 aliphatic carbocycles. The Balaban J connectivity index is 1.80. The first-order valence-corrected chi connectivity index (χ1v) is 9.25. The number of amides is 1. The lowest BCUT2D eigenvalue weighted by Gasteiger charge is -2.41. The number of nitrogens with zero attached hydrogens (tertiary/aromatic N) is 1. The lowest BCUT2D eigenvalue weighted by atomic mass is 9.97. The third-order valence-corrected chi connectivity index (χ3v) is 6.16. The average Bonchev–Trinajstić information content (AvgIpc) is 2.69. The van der Waals surface area contributed by atoms with Gasteiger partial charge in [0.1, 0.15) is 0 Å². The number of nitrogens with one attached hydrogen (secondary N) is 1. The van der Waals surface area contributed by atoms with Crippen molar-refractivity contribution in [1.82, 2.24) is 10.2 Å². The number of sulfone groups is 1. The molecule has 2 fully saturated rings. The van der Waals surface area contributed by atoms with Crippen LogP contribution in [0.3, 0.4) is 0 Å². The first-order valence-electron chi connectivity index (χ1n) is 7.43. The highest BCUT2D eigenvalue weighted by molar-refractivity contribution is 7.91. The van der Waals surface area contributed by atoms with Crippen LogP contribution in [0.4, 0.5) is 0 Å². The summed E-state index contributed by atoms with van der Waals surface area (Å²) in [7, 11) is -2.98. The van der Waals surface area contributed by atoms with E-state index < -0.39 is 9.84 Å². The van der Waals surface area contributed by atoms with E-state index in [1.165, 1.54) is 0 Å². The maximum atomic E-state index is 12.1. The fourth-order valence-electron chi connectivity index (χ4n) is 3.02. The van der Waals surface area contributed by atoms with Gasteiger partial charge in [0.2, 0.25) is 5.91 Å². The van der Waals surface area contributed by atoms with Gasteiger partial charge < -0.3 is 5.32 Å². The molecular weight excluding hydrogens is 276 g/mol. The molecule has 0 aromatic rings. The molecule has 5 nitrogen and oxygen atoms in total.